The molecule has 1 saturated heterocycles. The Labute approximate surface area is 129 Å². The first-order valence-electron chi connectivity index (χ1n) is 7.15. The summed E-state index contributed by atoms with van der Waals surface area (Å²) in [7, 11) is 0. The van der Waals surface area contributed by atoms with Crippen LogP contribution in [0.25, 0.3) is 0 Å². The Bertz CT molecular complexity index is 540. The van der Waals surface area contributed by atoms with Crippen LogP contribution in [0.2, 0.25) is 5.02 Å². The van der Waals surface area contributed by atoms with Crippen LogP contribution in [0.15, 0.2) is 18.2 Å². The molecule has 1 fully saturated rings. The van der Waals surface area contributed by atoms with E-state index in [1.165, 1.54) is 0 Å². The zero-order valence-electron chi connectivity index (χ0n) is 12.1. The summed E-state index contributed by atoms with van der Waals surface area (Å²) in [5.74, 6) is -0.0498. The molecular formula is C15H20ClN3O2. The van der Waals surface area contributed by atoms with Gasteiger partial charge in [0, 0.05) is 25.6 Å². The fourth-order valence-corrected chi connectivity index (χ4v) is 2.65. The number of anilines is 1. The van der Waals surface area contributed by atoms with Gasteiger partial charge in [0.15, 0.2) is 0 Å². The number of nitrogens with one attached hydrogen (secondary N) is 1. The van der Waals surface area contributed by atoms with Crippen molar-refractivity contribution in [2.24, 2.45) is 0 Å². The number of hydrogen-bond acceptors (Lipinski definition) is 3. The minimum atomic E-state index is -0.104. The molecular weight excluding hydrogens is 290 g/mol. The zero-order valence-corrected chi connectivity index (χ0v) is 12.8. The van der Waals surface area contributed by atoms with E-state index in [9.17, 15) is 9.59 Å². The average Bonchev–Trinajstić information content (AvgIpc) is 2.50. The van der Waals surface area contributed by atoms with Gasteiger partial charge >= 0.3 is 0 Å². The normalized spacial score (nSPS) is 15.8. The molecule has 0 unspecified atom stereocenters. The van der Waals surface area contributed by atoms with Crippen molar-refractivity contribution < 1.29 is 9.59 Å². The Morgan fingerprint density at radius 3 is 2.67 bits per heavy atom. The van der Waals surface area contributed by atoms with Gasteiger partial charge in [0.1, 0.15) is 0 Å². The fraction of sp³-hybridized carbons (Fsp3) is 0.467. The van der Waals surface area contributed by atoms with E-state index in [-0.39, 0.29) is 17.9 Å². The number of nitrogens with zero attached hydrogens (tertiary/aromatic N) is 1. The van der Waals surface area contributed by atoms with E-state index in [4.69, 9.17) is 17.3 Å². The van der Waals surface area contributed by atoms with Gasteiger partial charge in [-0.3, -0.25) is 9.59 Å². The highest BCUT2D eigenvalue weighted by Crippen LogP contribution is 2.25. The molecule has 1 aromatic carbocycles. The molecule has 1 aliphatic rings. The number of hydrogen-bond donors (Lipinski definition) is 2. The summed E-state index contributed by atoms with van der Waals surface area (Å²) in [6.45, 7) is 3.05. The molecule has 2 amide bonds. The number of carbonyl (C=O) groups excluding carboxylic acids is 2. The summed E-state index contributed by atoms with van der Waals surface area (Å²) in [4.78, 5) is 25.6. The Kier molecular flexibility index (Phi) is 5.07. The van der Waals surface area contributed by atoms with Crippen LogP contribution in [-0.4, -0.2) is 35.8 Å². The van der Waals surface area contributed by atoms with E-state index in [0.717, 1.165) is 12.8 Å². The third-order valence-corrected chi connectivity index (χ3v) is 4.15. The smallest absolute Gasteiger partial charge is 0.255 e. The number of amides is 2. The maximum Gasteiger partial charge on any atom is 0.255 e. The first-order chi connectivity index (χ1) is 10.0. The molecule has 0 radical (unpaired) electrons. The molecule has 5 nitrogen and oxygen atoms in total. The quantitative estimate of drug-likeness (QED) is 0.839. The lowest BCUT2D eigenvalue weighted by Gasteiger charge is -2.32. The van der Waals surface area contributed by atoms with Gasteiger partial charge in [0.05, 0.1) is 16.3 Å². The summed E-state index contributed by atoms with van der Waals surface area (Å²) >= 11 is 6.09. The van der Waals surface area contributed by atoms with Gasteiger partial charge in [-0.05, 0) is 25.0 Å². The highest BCUT2D eigenvalue weighted by atomic mass is 35.5. The number of nitrogens with two attached hydrogens (primary N) is 1. The predicted molar refractivity (Wildman–Crippen MR) is 83.2 cm³/mol. The molecule has 0 atom stereocenters. The van der Waals surface area contributed by atoms with Gasteiger partial charge in [0.25, 0.3) is 5.91 Å². The number of halogens is 1. The average molecular weight is 310 g/mol. The molecule has 3 N–H and O–H groups in total. The molecule has 1 aromatic rings. The van der Waals surface area contributed by atoms with Crippen LogP contribution >= 0.6 is 11.6 Å². The molecule has 2 rings (SSSR count). The van der Waals surface area contributed by atoms with Crippen LogP contribution in [0, 0.1) is 0 Å². The summed E-state index contributed by atoms with van der Waals surface area (Å²) in [5.41, 5.74) is 6.58. The first kappa shape index (κ1) is 15.6. The topological polar surface area (TPSA) is 75.4 Å². The van der Waals surface area contributed by atoms with Crippen LogP contribution < -0.4 is 11.1 Å². The van der Waals surface area contributed by atoms with Gasteiger partial charge in [-0.25, -0.2) is 0 Å². The van der Waals surface area contributed by atoms with Crippen molar-refractivity contribution >= 4 is 29.1 Å². The van der Waals surface area contributed by atoms with E-state index in [2.05, 4.69) is 5.32 Å². The largest absolute Gasteiger partial charge is 0.398 e. The zero-order chi connectivity index (χ0) is 15.4. The van der Waals surface area contributed by atoms with Gasteiger partial charge in [0.2, 0.25) is 5.91 Å². The molecule has 0 bridgehead atoms. The second kappa shape index (κ2) is 6.80. The van der Waals surface area contributed by atoms with Crippen LogP contribution in [0.5, 0.6) is 0 Å². The number of likely N-dealkylation sites (tertiary alicyclic amines) is 1. The first-order valence-corrected chi connectivity index (χ1v) is 7.53. The van der Waals surface area contributed by atoms with Crippen molar-refractivity contribution in [3.8, 4) is 0 Å². The lowest BCUT2D eigenvalue weighted by molar-refractivity contribution is -0.121. The molecule has 0 spiro atoms. The number of benzene rings is 1. The highest BCUT2D eigenvalue weighted by Gasteiger charge is 2.25. The molecule has 1 aliphatic heterocycles. The summed E-state index contributed by atoms with van der Waals surface area (Å²) in [6, 6.07) is 5.23. The van der Waals surface area contributed by atoms with Crippen LogP contribution in [0.4, 0.5) is 5.69 Å². The Balaban J connectivity index is 1.97. The van der Waals surface area contributed by atoms with E-state index in [1.54, 1.807) is 23.1 Å². The van der Waals surface area contributed by atoms with Crippen molar-refractivity contribution in [2.45, 2.75) is 32.2 Å². The monoisotopic (exact) mass is 309 g/mol. The number of carbonyl (C=O) groups is 2. The predicted octanol–water partition coefficient (Wildman–Crippen LogP) is 2.05. The van der Waals surface area contributed by atoms with Crippen molar-refractivity contribution in [3.05, 3.63) is 28.8 Å². The van der Waals surface area contributed by atoms with Crippen molar-refractivity contribution in [1.29, 1.82) is 0 Å². The van der Waals surface area contributed by atoms with E-state index in [0.29, 0.717) is 35.8 Å². The Morgan fingerprint density at radius 1 is 1.38 bits per heavy atom. The van der Waals surface area contributed by atoms with Crippen molar-refractivity contribution in [3.63, 3.8) is 0 Å². The van der Waals surface area contributed by atoms with Crippen molar-refractivity contribution in [2.75, 3.05) is 18.8 Å². The molecule has 0 aliphatic carbocycles. The van der Waals surface area contributed by atoms with Crippen LogP contribution in [0.1, 0.15) is 36.5 Å². The lowest BCUT2D eigenvalue weighted by atomic mass is 10.0. The minimum Gasteiger partial charge on any atom is -0.398 e. The number of piperidine rings is 1. The maximum absolute atomic E-state index is 12.5. The molecule has 114 valence electrons. The third kappa shape index (κ3) is 3.67. The second-order valence-corrected chi connectivity index (χ2v) is 5.57. The fourth-order valence-electron chi connectivity index (χ4n) is 2.44. The van der Waals surface area contributed by atoms with Gasteiger partial charge in [-0.15, -0.1) is 0 Å². The lowest BCUT2D eigenvalue weighted by Crippen LogP contribution is -2.46. The van der Waals surface area contributed by atoms with Gasteiger partial charge < -0.3 is 16.0 Å². The molecule has 6 heteroatoms. The molecule has 0 aromatic heterocycles. The second-order valence-electron chi connectivity index (χ2n) is 5.20. The standard InChI is InChI=1S/C15H20ClN3O2/c1-2-13(20)18-10-6-8-19(9-7-10)15(21)11-4-3-5-12(17)14(11)16/h3-5,10H,2,6-9,17H2,1H3,(H,18,20). The summed E-state index contributed by atoms with van der Waals surface area (Å²) in [6.07, 6.45) is 2.01. The molecule has 1 heterocycles. The summed E-state index contributed by atoms with van der Waals surface area (Å²) in [5, 5.41) is 3.27. The number of rotatable bonds is 3. The Hall–Kier alpha value is -1.75. The maximum atomic E-state index is 12.5. The SMILES string of the molecule is CCC(=O)NC1CCN(C(=O)c2cccc(N)c2Cl)CC1. The van der Waals surface area contributed by atoms with Gasteiger partial charge in [-0.1, -0.05) is 24.6 Å². The van der Waals surface area contributed by atoms with Crippen molar-refractivity contribution in [1.82, 2.24) is 10.2 Å². The molecule has 0 saturated carbocycles. The highest BCUT2D eigenvalue weighted by molar-refractivity contribution is 6.36. The van der Waals surface area contributed by atoms with Gasteiger partial charge in [-0.2, -0.15) is 0 Å². The number of nitrogen functional groups attached to an aromatic ring is 1. The summed E-state index contributed by atoms with van der Waals surface area (Å²) < 4.78 is 0. The minimum absolute atomic E-state index is 0.0543. The Morgan fingerprint density at radius 2 is 2.05 bits per heavy atom. The van der Waals surface area contributed by atoms with Crippen LogP contribution in [-0.2, 0) is 4.79 Å². The molecule has 21 heavy (non-hydrogen) atoms. The third-order valence-electron chi connectivity index (χ3n) is 3.73. The van der Waals surface area contributed by atoms with Crippen LogP contribution in [0.3, 0.4) is 0 Å². The van der Waals surface area contributed by atoms with E-state index < -0.39 is 0 Å². The van der Waals surface area contributed by atoms with E-state index >= 15 is 0 Å². The van der Waals surface area contributed by atoms with E-state index in [1.807, 2.05) is 6.92 Å².